The highest BCUT2D eigenvalue weighted by Gasteiger charge is 2.16. The van der Waals surface area contributed by atoms with Crippen LogP contribution in [-0.2, 0) is 11.2 Å². The molecular weight excluding hydrogens is 457 g/mol. The molecule has 2 N–H and O–H groups in total. The van der Waals surface area contributed by atoms with Crippen LogP contribution < -0.4 is 10.6 Å². The van der Waals surface area contributed by atoms with Gasteiger partial charge in [-0.25, -0.2) is 0 Å². The Morgan fingerprint density at radius 2 is 2.05 bits per heavy atom. The molecule has 0 aliphatic rings. The lowest BCUT2D eigenvalue weighted by atomic mass is 10.1. The van der Waals surface area contributed by atoms with Gasteiger partial charge in [0.1, 0.15) is 0 Å². The first-order valence-corrected chi connectivity index (χ1v) is 8.00. The summed E-state index contributed by atoms with van der Waals surface area (Å²) in [5.41, 5.74) is 1.14. The normalized spacial score (nSPS) is 11.8. The molecule has 0 aliphatic carbocycles. The highest BCUT2D eigenvalue weighted by Crippen LogP contribution is 2.12. The number of methoxy groups -OCH3 is 1. The van der Waals surface area contributed by atoms with Crippen LogP contribution in [0.1, 0.15) is 25.8 Å². The molecule has 0 heterocycles. The number of hydrogen-bond acceptors (Lipinski definition) is 2. The molecular formula is C16H27BrIN3O. The minimum absolute atomic E-state index is 0. The number of nitrogens with one attached hydrogen (secondary N) is 2. The van der Waals surface area contributed by atoms with E-state index in [1.807, 2.05) is 19.9 Å². The minimum atomic E-state index is -0.200. The van der Waals surface area contributed by atoms with Gasteiger partial charge in [0.15, 0.2) is 5.96 Å². The summed E-state index contributed by atoms with van der Waals surface area (Å²) in [6, 6.07) is 8.43. The van der Waals surface area contributed by atoms with Crippen LogP contribution in [-0.4, -0.2) is 38.8 Å². The molecule has 1 rings (SSSR count). The third-order valence-corrected chi connectivity index (χ3v) is 3.77. The van der Waals surface area contributed by atoms with Gasteiger partial charge < -0.3 is 15.4 Å². The van der Waals surface area contributed by atoms with Gasteiger partial charge in [0, 0.05) is 31.7 Å². The highest BCUT2D eigenvalue weighted by atomic mass is 127. The Balaban J connectivity index is 0.00000441. The first-order chi connectivity index (χ1) is 9.96. The van der Waals surface area contributed by atoms with Crippen molar-refractivity contribution >= 4 is 45.9 Å². The molecule has 0 radical (unpaired) electrons. The first-order valence-electron chi connectivity index (χ1n) is 7.21. The van der Waals surface area contributed by atoms with Crippen molar-refractivity contribution < 1.29 is 4.74 Å². The zero-order chi connectivity index (χ0) is 15.7. The summed E-state index contributed by atoms with van der Waals surface area (Å²) in [5.74, 6) is 0.814. The van der Waals surface area contributed by atoms with Crippen LogP contribution >= 0.6 is 39.9 Å². The molecule has 22 heavy (non-hydrogen) atoms. The summed E-state index contributed by atoms with van der Waals surface area (Å²) in [6.07, 6.45) is 2.11. The predicted octanol–water partition coefficient (Wildman–Crippen LogP) is 3.59. The van der Waals surface area contributed by atoms with E-state index in [9.17, 15) is 0 Å². The second kappa shape index (κ2) is 11.2. The molecule has 0 aromatic heterocycles. The Hall–Kier alpha value is -0.340. The first kappa shape index (κ1) is 21.7. The SMILES string of the molecule is CN=C(NCCCc1cccc(Br)c1)NCC(C)(C)OC.I. The lowest BCUT2D eigenvalue weighted by molar-refractivity contribution is 0.0268. The molecule has 0 amide bonds. The van der Waals surface area contributed by atoms with Crippen molar-refractivity contribution in [2.45, 2.75) is 32.3 Å². The summed E-state index contributed by atoms with van der Waals surface area (Å²) in [4.78, 5) is 4.22. The minimum Gasteiger partial charge on any atom is -0.377 e. The lowest BCUT2D eigenvalue weighted by Crippen LogP contribution is -2.45. The molecule has 0 spiro atoms. The summed E-state index contributed by atoms with van der Waals surface area (Å²) < 4.78 is 6.51. The van der Waals surface area contributed by atoms with Gasteiger partial charge in [-0.2, -0.15) is 0 Å². The topological polar surface area (TPSA) is 45.7 Å². The number of guanidine groups is 1. The zero-order valence-electron chi connectivity index (χ0n) is 13.8. The number of aliphatic imine (C=N–C) groups is 1. The van der Waals surface area contributed by atoms with Crippen LogP contribution in [0, 0.1) is 0 Å². The Morgan fingerprint density at radius 3 is 2.64 bits per heavy atom. The Bertz CT molecular complexity index is 466. The number of ether oxygens (including phenoxy) is 1. The van der Waals surface area contributed by atoms with Crippen LogP contribution in [0.5, 0.6) is 0 Å². The van der Waals surface area contributed by atoms with Gasteiger partial charge in [-0.15, -0.1) is 24.0 Å². The predicted molar refractivity (Wildman–Crippen MR) is 108 cm³/mol. The largest absolute Gasteiger partial charge is 0.377 e. The van der Waals surface area contributed by atoms with Crippen LogP contribution in [0.15, 0.2) is 33.7 Å². The molecule has 4 nitrogen and oxygen atoms in total. The Labute approximate surface area is 159 Å². The van der Waals surface area contributed by atoms with Gasteiger partial charge in [-0.3, -0.25) is 4.99 Å². The number of nitrogens with zero attached hydrogens (tertiary/aromatic N) is 1. The third-order valence-electron chi connectivity index (χ3n) is 3.28. The average Bonchev–Trinajstić information content (AvgIpc) is 2.46. The smallest absolute Gasteiger partial charge is 0.191 e. The molecule has 1 aromatic carbocycles. The third kappa shape index (κ3) is 8.95. The Kier molecular flexibility index (Phi) is 11.1. The zero-order valence-corrected chi connectivity index (χ0v) is 17.7. The fourth-order valence-corrected chi connectivity index (χ4v) is 2.23. The van der Waals surface area contributed by atoms with Crippen molar-refractivity contribution in [2.75, 3.05) is 27.2 Å². The van der Waals surface area contributed by atoms with Crippen LogP contribution in [0.4, 0.5) is 0 Å². The lowest BCUT2D eigenvalue weighted by Gasteiger charge is -2.24. The summed E-state index contributed by atoms with van der Waals surface area (Å²) >= 11 is 3.49. The number of benzene rings is 1. The van der Waals surface area contributed by atoms with Crippen molar-refractivity contribution in [1.82, 2.24) is 10.6 Å². The number of hydrogen-bond donors (Lipinski definition) is 2. The van der Waals surface area contributed by atoms with E-state index in [0.717, 1.165) is 36.4 Å². The van der Waals surface area contributed by atoms with Gasteiger partial charge in [0.2, 0.25) is 0 Å². The van der Waals surface area contributed by atoms with Gasteiger partial charge in [-0.1, -0.05) is 28.1 Å². The quantitative estimate of drug-likeness (QED) is 0.269. The fourth-order valence-electron chi connectivity index (χ4n) is 1.78. The van der Waals surface area contributed by atoms with E-state index in [1.54, 1.807) is 14.2 Å². The van der Waals surface area contributed by atoms with Gasteiger partial charge in [-0.05, 0) is 44.4 Å². The average molecular weight is 484 g/mol. The second-order valence-electron chi connectivity index (χ2n) is 5.55. The van der Waals surface area contributed by atoms with Gasteiger partial charge in [0.05, 0.1) is 5.60 Å². The van der Waals surface area contributed by atoms with Crippen molar-refractivity contribution in [1.29, 1.82) is 0 Å². The van der Waals surface area contributed by atoms with Gasteiger partial charge in [0.25, 0.3) is 0 Å². The maximum absolute atomic E-state index is 5.38. The molecule has 0 saturated carbocycles. The van der Waals surface area contributed by atoms with Crippen LogP contribution in [0.2, 0.25) is 0 Å². The molecule has 0 fully saturated rings. The summed E-state index contributed by atoms with van der Waals surface area (Å²) in [7, 11) is 3.50. The van der Waals surface area contributed by atoms with Crippen LogP contribution in [0.25, 0.3) is 0 Å². The molecule has 6 heteroatoms. The van der Waals surface area contributed by atoms with Crippen LogP contribution in [0.3, 0.4) is 0 Å². The standard InChI is InChI=1S/C16H26BrN3O.HI/c1-16(2,21-4)12-20-15(18-3)19-10-6-8-13-7-5-9-14(17)11-13;/h5,7,9,11H,6,8,10,12H2,1-4H3,(H2,18,19,20);1H. The van der Waals surface area contributed by atoms with Crippen molar-refractivity contribution in [3.63, 3.8) is 0 Å². The number of rotatable bonds is 7. The van der Waals surface area contributed by atoms with E-state index in [2.05, 4.69) is 49.8 Å². The molecule has 0 saturated heterocycles. The Morgan fingerprint density at radius 1 is 1.32 bits per heavy atom. The van der Waals surface area contributed by atoms with E-state index < -0.39 is 0 Å². The fraction of sp³-hybridized carbons (Fsp3) is 0.562. The van der Waals surface area contributed by atoms with E-state index >= 15 is 0 Å². The molecule has 126 valence electrons. The maximum Gasteiger partial charge on any atom is 0.191 e. The van der Waals surface area contributed by atoms with E-state index in [4.69, 9.17) is 4.74 Å². The molecule has 0 bridgehead atoms. The number of halogens is 2. The van der Waals surface area contributed by atoms with E-state index in [-0.39, 0.29) is 29.6 Å². The molecule has 0 unspecified atom stereocenters. The molecule has 1 aromatic rings. The van der Waals surface area contributed by atoms with Crippen molar-refractivity contribution in [3.05, 3.63) is 34.3 Å². The summed E-state index contributed by atoms with van der Waals surface area (Å²) in [5, 5.41) is 6.60. The highest BCUT2D eigenvalue weighted by molar-refractivity contribution is 14.0. The molecule has 0 aliphatic heterocycles. The monoisotopic (exact) mass is 483 g/mol. The van der Waals surface area contributed by atoms with Crippen molar-refractivity contribution in [3.8, 4) is 0 Å². The van der Waals surface area contributed by atoms with Gasteiger partial charge >= 0.3 is 0 Å². The van der Waals surface area contributed by atoms with E-state index in [0.29, 0.717) is 0 Å². The van der Waals surface area contributed by atoms with Crippen molar-refractivity contribution in [2.24, 2.45) is 4.99 Å². The number of aryl methyl sites for hydroxylation is 1. The van der Waals surface area contributed by atoms with E-state index in [1.165, 1.54) is 5.56 Å². The molecule has 0 atom stereocenters. The second-order valence-corrected chi connectivity index (χ2v) is 6.47. The maximum atomic E-state index is 5.38. The summed E-state index contributed by atoms with van der Waals surface area (Å²) in [6.45, 7) is 5.69.